The van der Waals surface area contributed by atoms with Crippen molar-refractivity contribution in [3.8, 4) is 17.2 Å². The van der Waals surface area contributed by atoms with Gasteiger partial charge in [-0.1, -0.05) is 6.07 Å². The van der Waals surface area contributed by atoms with Crippen LogP contribution in [-0.2, 0) is 16.0 Å². The van der Waals surface area contributed by atoms with Crippen molar-refractivity contribution in [2.75, 3.05) is 13.7 Å². The summed E-state index contributed by atoms with van der Waals surface area (Å²) >= 11 is 0. The van der Waals surface area contributed by atoms with Crippen LogP contribution in [0, 0.1) is 5.82 Å². The molecule has 0 heterocycles. The number of hydrogen-bond donors (Lipinski definition) is 2. The maximum Gasteiger partial charge on any atom is 0.279 e. The first-order valence-corrected chi connectivity index (χ1v) is 9.23. The predicted molar refractivity (Wildman–Crippen MR) is 105 cm³/mol. The van der Waals surface area contributed by atoms with Gasteiger partial charge in [0.2, 0.25) is 5.91 Å². The van der Waals surface area contributed by atoms with Crippen LogP contribution < -0.4 is 25.1 Å². The quantitative estimate of drug-likeness (QED) is 0.628. The Labute approximate surface area is 169 Å². The van der Waals surface area contributed by atoms with Crippen molar-refractivity contribution >= 4 is 11.8 Å². The number of halogens is 1. The minimum atomic E-state index is -0.816. The zero-order valence-corrected chi connectivity index (χ0v) is 16.7. The van der Waals surface area contributed by atoms with E-state index in [1.807, 2.05) is 6.92 Å². The Kier molecular flexibility index (Phi) is 8.27. The summed E-state index contributed by atoms with van der Waals surface area (Å²) in [5, 5.41) is 0. The SMILES string of the molecule is CCOc1ccc(OC(C)C(=O)NNC(=O)CCc2ccc(OC)c(F)c2)cc1. The van der Waals surface area contributed by atoms with Gasteiger partial charge in [-0.25, -0.2) is 4.39 Å². The number of carbonyl (C=O) groups excluding carboxylic acids is 2. The van der Waals surface area contributed by atoms with Crippen molar-refractivity contribution in [2.45, 2.75) is 32.8 Å². The van der Waals surface area contributed by atoms with Crippen LogP contribution in [0.1, 0.15) is 25.8 Å². The molecule has 0 radical (unpaired) electrons. The molecule has 2 aromatic carbocycles. The van der Waals surface area contributed by atoms with E-state index in [2.05, 4.69) is 10.9 Å². The summed E-state index contributed by atoms with van der Waals surface area (Å²) in [5.41, 5.74) is 5.29. The molecule has 2 amide bonds. The minimum absolute atomic E-state index is 0.0835. The maximum absolute atomic E-state index is 13.7. The molecule has 0 aliphatic heterocycles. The molecule has 0 aliphatic rings. The number of nitrogens with one attached hydrogen (secondary N) is 2. The van der Waals surface area contributed by atoms with Crippen molar-refractivity contribution in [1.82, 2.24) is 10.9 Å². The Hall–Kier alpha value is -3.29. The molecule has 0 fully saturated rings. The molecule has 156 valence electrons. The van der Waals surface area contributed by atoms with Gasteiger partial charge in [0.05, 0.1) is 13.7 Å². The Balaban J connectivity index is 1.74. The van der Waals surface area contributed by atoms with Crippen LogP contribution in [0.25, 0.3) is 0 Å². The highest BCUT2D eigenvalue weighted by molar-refractivity contribution is 5.84. The number of amides is 2. The third-order valence-electron chi connectivity index (χ3n) is 4.00. The van der Waals surface area contributed by atoms with E-state index >= 15 is 0 Å². The van der Waals surface area contributed by atoms with E-state index < -0.39 is 23.7 Å². The van der Waals surface area contributed by atoms with Crippen LogP contribution >= 0.6 is 0 Å². The molecule has 0 saturated carbocycles. The first kappa shape index (κ1) is 22.0. The molecule has 8 heteroatoms. The molecular weight excluding hydrogens is 379 g/mol. The second kappa shape index (κ2) is 10.9. The van der Waals surface area contributed by atoms with Crippen LogP contribution in [0.5, 0.6) is 17.2 Å². The standard InChI is InChI=1S/C21H25FN2O5/c1-4-28-16-7-9-17(10-8-16)29-14(2)21(26)24-23-20(25)12-6-15-5-11-19(27-3)18(22)13-15/h5,7-11,13-14H,4,6,12H2,1-3H3,(H,23,25)(H,24,26). The van der Waals surface area contributed by atoms with Gasteiger partial charge in [0.1, 0.15) is 11.5 Å². The van der Waals surface area contributed by atoms with E-state index in [1.54, 1.807) is 37.3 Å². The van der Waals surface area contributed by atoms with Gasteiger partial charge in [-0.3, -0.25) is 20.4 Å². The predicted octanol–water partition coefficient (Wildman–Crippen LogP) is 2.78. The van der Waals surface area contributed by atoms with E-state index in [1.165, 1.54) is 19.2 Å². The lowest BCUT2D eigenvalue weighted by atomic mass is 10.1. The van der Waals surface area contributed by atoms with Crippen LogP contribution in [0.4, 0.5) is 4.39 Å². The van der Waals surface area contributed by atoms with E-state index in [-0.39, 0.29) is 12.2 Å². The molecule has 29 heavy (non-hydrogen) atoms. The number of methoxy groups -OCH3 is 1. The second-order valence-corrected chi connectivity index (χ2v) is 6.17. The molecule has 1 unspecified atom stereocenters. The molecule has 1 atom stereocenters. The smallest absolute Gasteiger partial charge is 0.279 e. The Bertz CT molecular complexity index is 826. The van der Waals surface area contributed by atoms with E-state index in [0.717, 1.165) is 0 Å². The summed E-state index contributed by atoms with van der Waals surface area (Å²) in [4.78, 5) is 24.0. The topological polar surface area (TPSA) is 85.9 Å². The number of aryl methyl sites for hydroxylation is 1. The van der Waals surface area contributed by atoms with Gasteiger partial charge in [-0.05, 0) is 62.2 Å². The number of ether oxygens (including phenoxy) is 3. The summed E-state index contributed by atoms with van der Waals surface area (Å²) < 4.78 is 29.4. The van der Waals surface area contributed by atoms with E-state index in [4.69, 9.17) is 14.2 Å². The monoisotopic (exact) mass is 404 g/mol. The largest absolute Gasteiger partial charge is 0.494 e. The molecule has 0 aliphatic carbocycles. The van der Waals surface area contributed by atoms with Gasteiger partial charge >= 0.3 is 0 Å². The van der Waals surface area contributed by atoms with Gasteiger partial charge in [-0.15, -0.1) is 0 Å². The fraction of sp³-hybridized carbons (Fsp3) is 0.333. The summed E-state index contributed by atoms with van der Waals surface area (Å²) in [5.74, 6) is -0.0264. The minimum Gasteiger partial charge on any atom is -0.494 e. The summed E-state index contributed by atoms with van der Waals surface area (Å²) in [6, 6.07) is 11.4. The van der Waals surface area contributed by atoms with E-state index in [9.17, 15) is 14.0 Å². The van der Waals surface area contributed by atoms with Crippen molar-refractivity contribution in [3.63, 3.8) is 0 Å². The summed E-state index contributed by atoms with van der Waals surface area (Å²) in [7, 11) is 1.38. The van der Waals surface area contributed by atoms with Gasteiger partial charge in [0.25, 0.3) is 5.91 Å². The first-order chi connectivity index (χ1) is 13.9. The van der Waals surface area contributed by atoms with Gasteiger partial charge in [0, 0.05) is 6.42 Å². The zero-order valence-electron chi connectivity index (χ0n) is 16.7. The van der Waals surface area contributed by atoms with Gasteiger partial charge < -0.3 is 14.2 Å². The van der Waals surface area contributed by atoms with Crippen molar-refractivity contribution in [1.29, 1.82) is 0 Å². The van der Waals surface area contributed by atoms with Crippen LogP contribution in [0.15, 0.2) is 42.5 Å². The molecular formula is C21H25FN2O5. The second-order valence-electron chi connectivity index (χ2n) is 6.17. The van der Waals surface area contributed by atoms with E-state index in [0.29, 0.717) is 30.1 Å². The highest BCUT2D eigenvalue weighted by atomic mass is 19.1. The third kappa shape index (κ3) is 6.99. The first-order valence-electron chi connectivity index (χ1n) is 9.23. The van der Waals surface area contributed by atoms with Crippen LogP contribution in [-0.4, -0.2) is 31.6 Å². The number of hydrazine groups is 1. The van der Waals surface area contributed by atoms with Crippen molar-refractivity contribution in [2.24, 2.45) is 0 Å². The number of carbonyl (C=O) groups is 2. The van der Waals surface area contributed by atoms with Crippen molar-refractivity contribution in [3.05, 3.63) is 53.8 Å². The average Bonchev–Trinajstić information content (AvgIpc) is 2.72. The molecule has 7 nitrogen and oxygen atoms in total. The van der Waals surface area contributed by atoms with Crippen LogP contribution in [0.2, 0.25) is 0 Å². The highest BCUT2D eigenvalue weighted by Gasteiger charge is 2.15. The maximum atomic E-state index is 13.7. The molecule has 0 bridgehead atoms. The lowest BCUT2D eigenvalue weighted by molar-refractivity contribution is -0.132. The third-order valence-corrected chi connectivity index (χ3v) is 4.00. The zero-order chi connectivity index (χ0) is 21.2. The van der Waals surface area contributed by atoms with Gasteiger partial charge in [-0.2, -0.15) is 0 Å². The number of hydrogen-bond acceptors (Lipinski definition) is 5. The normalized spacial score (nSPS) is 11.3. The molecule has 2 rings (SSSR count). The lowest BCUT2D eigenvalue weighted by Gasteiger charge is -2.15. The Morgan fingerprint density at radius 2 is 1.76 bits per heavy atom. The van der Waals surface area contributed by atoms with Crippen molar-refractivity contribution < 1.29 is 28.2 Å². The highest BCUT2D eigenvalue weighted by Crippen LogP contribution is 2.19. The fourth-order valence-electron chi connectivity index (χ4n) is 2.46. The fourth-order valence-corrected chi connectivity index (χ4v) is 2.46. The Morgan fingerprint density at radius 3 is 2.38 bits per heavy atom. The number of rotatable bonds is 9. The molecule has 0 saturated heterocycles. The molecule has 0 spiro atoms. The molecule has 2 aromatic rings. The van der Waals surface area contributed by atoms with Gasteiger partial charge in [0.15, 0.2) is 17.7 Å². The number of benzene rings is 2. The summed E-state index contributed by atoms with van der Waals surface area (Å²) in [6.07, 6.45) is -0.412. The van der Waals surface area contributed by atoms with Crippen LogP contribution in [0.3, 0.4) is 0 Å². The molecule has 0 aromatic heterocycles. The lowest BCUT2D eigenvalue weighted by Crippen LogP contribution is -2.47. The average molecular weight is 404 g/mol. The summed E-state index contributed by atoms with van der Waals surface area (Å²) in [6.45, 7) is 4.02. The Morgan fingerprint density at radius 1 is 1.07 bits per heavy atom. The molecule has 2 N–H and O–H groups in total.